The number of carbonyl (C=O) groups is 1. The zero-order chi connectivity index (χ0) is 15.4. The summed E-state index contributed by atoms with van der Waals surface area (Å²) in [5.74, 6) is 0.841. The highest BCUT2D eigenvalue weighted by Crippen LogP contribution is 2.27. The van der Waals surface area contributed by atoms with Crippen molar-refractivity contribution in [1.82, 2.24) is 15.2 Å². The summed E-state index contributed by atoms with van der Waals surface area (Å²) in [5.41, 5.74) is 3.75. The molecular weight excluding hydrogens is 298 g/mol. The number of carbonyl (C=O) groups excluding carboxylic acids is 1. The number of aromatic nitrogens is 3. The van der Waals surface area contributed by atoms with Gasteiger partial charge in [-0.25, -0.2) is 4.79 Å². The SMILES string of the molecule is C[C@@H](c1ccc(NC(=O)Nc2ccn[nH]2)cc1)c1cncs1. The van der Waals surface area contributed by atoms with Gasteiger partial charge >= 0.3 is 6.03 Å². The Morgan fingerprint density at radius 2 is 2.05 bits per heavy atom. The first-order chi connectivity index (χ1) is 10.7. The van der Waals surface area contributed by atoms with E-state index < -0.39 is 0 Å². The fraction of sp³-hybridized carbons (Fsp3) is 0.133. The Balaban J connectivity index is 1.63. The molecule has 0 bridgehead atoms. The molecule has 112 valence electrons. The van der Waals surface area contributed by atoms with Crippen LogP contribution in [0.4, 0.5) is 16.3 Å². The zero-order valence-corrected chi connectivity index (χ0v) is 12.7. The molecule has 3 rings (SSSR count). The van der Waals surface area contributed by atoms with E-state index >= 15 is 0 Å². The quantitative estimate of drug-likeness (QED) is 0.687. The van der Waals surface area contributed by atoms with Crippen LogP contribution in [0.2, 0.25) is 0 Å². The van der Waals surface area contributed by atoms with Crippen molar-refractivity contribution in [2.24, 2.45) is 0 Å². The Morgan fingerprint density at radius 1 is 1.23 bits per heavy atom. The fourth-order valence-corrected chi connectivity index (χ4v) is 2.77. The van der Waals surface area contributed by atoms with Crippen LogP contribution in [0.25, 0.3) is 0 Å². The van der Waals surface area contributed by atoms with Crippen LogP contribution in [0.3, 0.4) is 0 Å². The first kappa shape index (κ1) is 14.3. The third-order valence-electron chi connectivity index (χ3n) is 3.30. The molecule has 3 N–H and O–H groups in total. The highest BCUT2D eigenvalue weighted by molar-refractivity contribution is 7.09. The molecule has 7 heteroatoms. The topological polar surface area (TPSA) is 82.7 Å². The molecule has 0 saturated carbocycles. The van der Waals surface area contributed by atoms with Crippen LogP contribution in [0, 0.1) is 0 Å². The number of anilines is 2. The molecule has 1 aromatic carbocycles. The van der Waals surface area contributed by atoms with Gasteiger partial charge in [-0.05, 0) is 17.7 Å². The molecule has 0 saturated heterocycles. The minimum atomic E-state index is -0.312. The van der Waals surface area contributed by atoms with Crippen LogP contribution in [-0.4, -0.2) is 21.2 Å². The van der Waals surface area contributed by atoms with Crippen LogP contribution in [0.5, 0.6) is 0 Å². The van der Waals surface area contributed by atoms with Gasteiger partial charge in [0.1, 0.15) is 5.82 Å². The van der Waals surface area contributed by atoms with Crippen molar-refractivity contribution in [3.63, 3.8) is 0 Å². The second kappa shape index (κ2) is 6.40. The maximum atomic E-state index is 11.8. The standard InChI is InChI=1S/C15H15N5OS/c1-10(13-8-16-9-22-13)11-2-4-12(5-3-11)18-15(21)19-14-6-7-17-20-14/h2-10H,1H3,(H3,17,18,19,20,21)/t10-/m0/s1. The van der Waals surface area contributed by atoms with Crippen LogP contribution in [-0.2, 0) is 0 Å². The van der Waals surface area contributed by atoms with Gasteiger partial charge < -0.3 is 5.32 Å². The van der Waals surface area contributed by atoms with Gasteiger partial charge in [0.2, 0.25) is 0 Å². The molecule has 22 heavy (non-hydrogen) atoms. The Morgan fingerprint density at radius 3 is 2.68 bits per heavy atom. The lowest BCUT2D eigenvalue weighted by Crippen LogP contribution is -2.19. The van der Waals surface area contributed by atoms with Crippen LogP contribution < -0.4 is 10.6 Å². The first-order valence-corrected chi connectivity index (χ1v) is 7.66. The summed E-state index contributed by atoms with van der Waals surface area (Å²) in [6.45, 7) is 2.14. The first-order valence-electron chi connectivity index (χ1n) is 6.78. The Labute approximate surface area is 131 Å². The molecule has 0 unspecified atom stereocenters. The molecule has 0 fully saturated rings. The smallest absolute Gasteiger partial charge is 0.308 e. The summed E-state index contributed by atoms with van der Waals surface area (Å²) in [6.07, 6.45) is 3.46. The Bertz CT molecular complexity index is 722. The Kier molecular flexibility index (Phi) is 4.15. The average Bonchev–Trinajstić information content (AvgIpc) is 3.20. The molecule has 0 aliphatic heterocycles. The summed E-state index contributed by atoms with van der Waals surface area (Å²) >= 11 is 1.64. The number of nitrogens with one attached hydrogen (secondary N) is 3. The fourth-order valence-electron chi connectivity index (χ4n) is 2.07. The summed E-state index contributed by atoms with van der Waals surface area (Å²) in [6, 6.07) is 9.16. The third-order valence-corrected chi connectivity index (χ3v) is 4.25. The summed E-state index contributed by atoms with van der Waals surface area (Å²) in [4.78, 5) is 17.1. The highest BCUT2D eigenvalue weighted by atomic mass is 32.1. The molecular formula is C15H15N5OS. The average molecular weight is 313 g/mol. The Hall–Kier alpha value is -2.67. The number of rotatable bonds is 4. The minimum Gasteiger partial charge on any atom is -0.308 e. The van der Waals surface area contributed by atoms with Crippen molar-refractivity contribution < 1.29 is 4.79 Å². The van der Waals surface area contributed by atoms with E-state index in [9.17, 15) is 4.79 Å². The summed E-state index contributed by atoms with van der Waals surface area (Å²) in [5, 5.41) is 11.9. The van der Waals surface area contributed by atoms with Crippen molar-refractivity contribution in [2.45, 2.75) is 12.8 Å². The summed E-state index contributed by atoms with van der Waals surface area (Å²) < 4.78 is 0. The van der Waals surface area contributed by atoms with E-state index in [2.05, 4.69) is 32.7 Å². The predicted molar refractivity (Wildman–Crippen MR) is 87.3 cm³/mol. The van der Waals surface area contributed by atoms with E-state index in [1.807, 2.05) is 36.0 Å². The van der Waals surface area contributed by atoms with Crippen molar-refractivity contribution >= 4 is 28.9 Å². The molecule has 3 aromatic rings. The number of hydrogen-bond donors (Lipinski definition) is 3. The van der Waals surface area contributed by atoms with Crippen LogP contribution in [0.15, 0.2) is 48.2 Å². The van der Waals surface area contributed by atoms with E-state index in [1.165, 1.54) is 10.4 Å². The number of hydrogen-bond acceptors (Lipinski definition) is 4. The number of urea groups is 1. The lowest BCUT2D eigenvalue weighted by molar-refractivity contribution is 0.262. The number of nitrogens with zero attached hydrogens (tertiary/aromatic N) is 2. The molecule has 0 aliphatic carbocycles. The maximum absolute atomic E-state index is 11.8. The van der Waals surface area contributed by atoms with Crippen molar-refractivity contribution in [2.75, 3.05) is 10.6 Å². The third kappa shape index (κ3) is 3.32. The highest BCUT2D eigenvalue weighted by Gasteiger charge is 2.10. The normalized spacial score (nSPS) is 11.9. The second-order valence-electron chi connectivity index (χ2n) is 4.80. The number of benzene rings is 1. The maximum Gasteiger partial charge on any atom is 0.324 e. The molecule has 0 aliphatic rings. The number of thiazole rings is 1. The molecule has 2 aromatic heterocycles. The monoisotopic (exact) mass is 313 g/mol. The van der Waals surface area contributed by atoms with Gasteiger partial charge in [0.05, 0.1) is 11.7 Å². The van der Waals surface area contributed by atoms with Crippen molar-refractivity contribution in [3.8, 4) is 0 Å². The predicted octanol–water partition coefficient (Wildman–Crippen LogP) is 3.66. The number of H-pyrrole nitrogens is 1. The van der Waals surface area contributed by atoms with Crippen LogP contribution >= 0.6 is 11.3 Å². The van der Waals surface area contributed by atoms with Crippen molar-refractivity contribution in [1.29, 1.82) is 0 Å². The molecule has 0 spiro atoms. The van der Waals surface area contributed by atoms with Gasteiger partial charge in [0.25, 0.3) is 0 Å². The van der Waals surface area contributed by atoms with Gasteiger partial charge in [-0.3, -0.25) is 15.4 Å². The number of amides is 2. The van der Waals surface area contributed by atoms with Gasteiger partial charge in [-0.15, -0.1) is 11.3 Å². The number of aromatic amines is 1. The zero-order valence-electron chi connectivity index (χ0n) is 11.9. The van der Waals surface area contributed by atoms with E-state index in [0.717, 1.165) is 5.69 Å². The van der Waals surface area contributed by atoms with Crippen molar-refractivity contribution in [3.05, 3.63) is 58.7 Å². The molecule has 2 amide bonds. The molecule has 2 heterocycles. The van der Waals surface area contributed by atoms with E-state index in [0.29, 0.717) is 11.7 Å². The van der Waals surface area contributed by atoms with E-state index in [1.54, 1.807) is 23.6 Å². The lowest BCUT2D eigenvalue weighted by Gasteiger charge is -2.11. The van der Waals surface area contributed by atoms with Gasteiger partial charge in [0, 0.05) is 28.7 Å². The van der Waals surface area contributed by atoms with E-state index in [-0.39, 0.29) is 6.03 Å². The summed E-state index contributed by atoms with van der Waals surface area (Å²) in [7, 11) is 0. The van der Waals surface area contributed by atoms with Crippen LogP contribution in [0.1, 0.15) is 23.3 Å². The second-order valence-corrected chi connectivity index (χ2v) is 5.71. The van der Waals surface area contributed by atoms with Gasteiger partial charge in [-0.2, -0.15) is 5.10 Å². The lowest BCUT2D eigenvalue weighted by atomic mass is 10.00. The molecule has 1 atom stereocenters. The molecule has 0 radical (unpaired) electrons. The molecule has 6 nitrogen and oxygen atoms in total. The van der Waals surface area contributed by atoms with E-state index in [4.69, 9.17) is 0 Å². The minimum absolute atomic E-state index is 0.292. The van der Waals surface area contributed by atoms with Gasteiger partial charge in [0.15, 0.2) is 0 Å². The van der Waals surface area contributed by atoms with Gasteiger partial charge in [-0.1, -0.05) is 19.1 Å². The largest absolute Gasteiger partial charge is 0.324 e.